The van der Waals surface area contributed by atoms with E-state index in [-0.39, 0.29) is 17.9 Å². The van der Waals surface area contributed by atoms with Crippen molar-refractivity contribution in [2.45, 2.75) is 26.2 Å². The van der Waals surface area contributed by atoms with Crippen LogP contribution >= 0.6 is 0 Å². The maximum Gasteiger partial charge on any atom is 0.277 e. The summed E-state index contributed by atoms with van der Waals surface area (Å²) in [5.41, 5.74) is 7.36. The lowest BCUT2D eigenvalue weighted by Crippen LogP contribution is -2.24. The van der Waals surface area contributed by atoms with Gasteiger partial charge in [-0.2, -0.15) is 10.4 Å². The smallest absolute Gasteiger partial charge is 0.277 e. The first-order valence-corrected chi connectivity index (χ1v) is 10.0. The van der Waals surface area contributed by atoms with E-state index in [1.807, 2.05) is 36.4 Å². The zero-order chi connectivity index (χ0) is 22.3. The van der Waals surface area contributed by atoms with Crippen LogP contribution in [0.4, 0.5) is 0 Å². The topological polar surface area (TPSA) is 74.5 Å². The number of hydrogen-bond donors (Lipinski definition) is 1. The van der Waals surface area contributed by atoms with E-state index in [1.54, 1.807) is 30.5 Å². The van der Waals surface area contributed by atoms with E-state index >= 15 is 0 Å². The van der Waals surface area contributed by atoms with E-state index in [4.69, 9.17) is 10.00 Å². The molecule has 0 aliphatic heterocycles. The standard InChI is InChI=1S/C26H25N3O2/c1-26(2,3)23-12-6-20(7-13-23)17-28-29-25(30)18-31-24-14-10-22(11-15-24)21-8-4-19(16-27)5-9-21/h4-15,17H,18H2,1-3H3,(H,29,30)/b28-17-. The fraction of sp³-hybridized carbons (Fsp3) is 0.192. The summed E-state index contributed by atoms with van der Waals surface area (Å²) in [6.07, 6.45) is 1.61. The molecule has 0 saturated carbocycles. The predicted molar refractivity (Wildman–Crippen MR) is 123 cm³/mol. The third-order valence-electron chi connectivity index (χ3n) is 4.75. The molecular weight excluding hydrogens is 386 g/mol. The van der Waals surface area contributed by atoms with Gasteiger partial charge in [0.15, 0.2) is 6.61 Å². The Morgan fingerprint density at radius 1 is 0.968 bits per heavy atom. The summed E-state index contributed by atoms with van der Waals surface area (Å²) in [4.78, 5) is 12.0. The molecule has 0 atom stereocenters. The van der Waals surface area contributed by atoms with Crippen LogP contribution in [0.15, 0.2) is 77.9 Å². The third kappa shape index (κ3) is 6.28. The number of carbonyl (C=O) groups is 1. The van der Waals surface area contributed by atoms with Gasteiger partial charge in [0, 0.05) is 0 Å². The maximum atomic E-state index is 12.0. The lowest BCUT2D eigenvalue weighted by Gasteiger charge is -2.18. The van der Waals surface area contributed by atoms with Crippen LogP contribution in [0, 0.1) is 11.3 Å². The Morgan fingerprint density at radius 2 is 1.55 bits per heavy atom. The molecule has 0 saturated heterocycles. The lowest BCUT2D eigenvalue weighted by molar-refractivity contribution is -0.123. The summed E-state index contributed by atoms with van der Waals surface area (Å²) in [6, 6.07) is 25.0. The molecular formula is C26H25N3O2. The molecule has 0 aliphatic carbocycles. The number of nitrogens with zero attached hydrogens (tertiary/aromatic N) is 2. The van der Waals surface area contributed by atoms with Crippen LogP contribution in [-0.4, -0.2) is 18.7 Å². The quantitative estimate of drug-likeness (QED) is 0.455. The molecule has 1 amide bonds. The number of benzene rings is 3. The number of carbonyl (C=O) groups excluding carboxylic acids is 1. The Morgan fingerprint density at radius 3 is 2.10 bits per heavy atom. The first-order valence-electron chi connectivity index (χ1n) is 10.0. The Labute approximate surface area is 183 Å². The van der Waals surface area contributed by atoms with Gasteiger partial charge in [-0.3, -0.25) is 4.79 Å². The van der Waals surface area contributed by atoms with Gasteiger partial charge in [0.2, 0.25) is 0 Å². The van der Waals surface area contributed by atoms with Crippen molar-refractivity contribution in [3.63, 3.8) is 0 Å². The normalized spacial score (nSPS) is 11.2. The van der Waals surface area contributed by atoms with E-state index in [1.165, 1.54) is 5.56 Å². The summed E-state index contributed by atoms with van der Waals surface area (Å²) < 4.78 is 5.52. The Bertz CT molecular complexity index is 1090. The van der Waals surface area contributed by atoms with Gasteiger partial charge in [0.1, 0.15) is 5.75 Å². The Hall–Kier alpha value is -3.91. The minimum atomic E-state index is -0.335. The molecule has 156 valence electrons. The second-order valence-corrected chi connectivity index (χ2v) is 8.17. The van der Waals surface area contributed by atoms with E-state index in [0.717, 1.165) is 16.7 Å². The molecule has 0 unspecified atom stereocenters. The van der Waals surface area contributed by atoms with Gasteiger partial charge in [0.25, 0.3) is 5.91 Å². The van der Waals surface area contributed by atoms with Crippen molar-refractivity contribution in [2.75, 3.05) is 6.61 Å². The van der Waals surface area contributed by atoms with Gasteiger partial charge < -0.3 is 4.74 Å². The van der Waals surface area contributed by atoms with Crippen LogP contribution in [0.5, 0.6) is 5.75 Å². The van der Waals surface area contributed by atoms with E-state index in [2.05, 4.69) is 49.5 Å². The molecule has 0 spiro atoms. The minimum absolute atomic E-state index is 0.0987. The zero-order valence-corrected chi connectivity index (χ0v) is 17.9. The van der Waals surface area contributed by atoms with Crippen molar-refractivity contribution in [2.24, 2.45) is 5.10 Å². The molecule has 0 aliphatic rings. The average molecular weight is 412 g/mol. The SMILES string of the molecule is CC(C)(C)c1ccc(/C=N\NC(=O)COc2ccc(-c3ccc(C#N)cc3)cc2)cc1. The summed E-state index contributed by atoms with van der Waals surface area (Å²) in [7, 11) is 0. The minimum Gasteiger partial charge on any atom is -0.484 e. The fourth-order valence-corrected chi connectivity index (χ4v) is 2.91. The molecule has 3 rings (SSSR count). The van der Waals surface area contributed by atoms with Gasteiger partial charge in [-0.25, -0.2) is 5.43 Å². The second-order valence-electron chi connectivity index (χ2n) is 8.17. The number of hydrogen-bond acceptors (Lipinski definition) is 4. The fourth-order valence-electron chi connectivity index (χ4n) is 2.91. The molecule has 0 radical (unpaired) electrons. The Kier molecular flexibility index (Phi) is 6.84. The number of nitrogens with one attached hydrogen (secondary N) is 1. The predicted octanol–water partition coefficient (Wildman–Crippen LogP) is 5.05. The molecule has 0 heterocycles. The van der Waals surface area contributed by atoms with Gasteiger partial charge in [0.05, 0.1) is 17.8 Å². The first kappa shape index (κ1) is 21.8. The number of ether oxygens (including phenoxy) is 1. The Balaban J connectivity index is 1.48. The van der Waals surface area contributed by atoms with E-state index < -0.39 is 0 Å². The van der Waals surface area contributed by atoms with Gasteiger partial charge in [-0.05, 0) is 51.9 Å². The van der Waals surface area contributed by atoms with Gasteiger partial charge >= 0.3 is 0 Å². The summed E-state index contributed by atoms with van der Waals surface area (Å²) in [5.74, 6) is 0.257. The van der Waals surface area contributed by atoms with Crippen LogP contribution in [0.25, 0.3) is 11.1 Å². The molecule has 3 aromatic rings. The van der Waals surface area contributed by atoms with Gasteiger partial charge in [-0.1, -0.05) is 69.3 Å². The van der Waals surface area contributed by atoms with Crippen LogP contribution < -0.4 is 10.2 Å². The molecule has 0 aromatic heterocycles. The highest BCUT2D eigenvalue weighted by atomic mass is 16.5. The van der Waals surface area contributed by atoms with Crippen LogP contribution in [-0.2, 0) is 10.2 Å². The third-order valence-corrected chi connectivity index (χ3v) is 4.75. The number of nitriles is 1. The van der Waals surface area contributed by atoms with Crippen LogP contribution in [0.3, 0.4) is 0 Å². The first-order chi connectivity index (χ1) is 14.8. The molecule has 31 heavy (non-hydrogen) atoms. The monoisotopic (exact) mass is 411 g/mol. The van der Waals surface area contributed by atoms with Crippen molar-refractivity contribution in [1.82, 2.24) is 5.43 Å². The highest BCUT2D eigenvalue weighted by Gasteiger charge is 2.12. The average Bonchev–Trinajstić information content (AvgIpc) is 2.78. The highest BCUT2D eigenvalue weighted by Crippen LogP contribution is 2.23. The zero-order valence-electron chi connectivity index (χ0n) is 17.9. The molecule has 1 N–H and O–H groups in total. The van der Waals surface area contributed by atoms with Crippen molar-refractivity contribution in [1.29, 1.82) is 5.26 Å². The lowest BCUT2D eigenvalue weighted by atomic mass is 9.87. The van der Waals surface area contributed by atoms with Crippen molar-refractivity contribution in [3.8, 4) is 22.9 Å². The largest absolute Gasteiger partial charge is 0.484 e. The van der Waals surface area contributed by atoms with Crippen LogP contribution in [0.2, 0.25) is 0 Å². The van der Waals surface area contributed by atoms with Crippen molar-refractivity contribution >= 4 is 12.1 Å². The highest BCUT2D eigenvalue weighted by molar-refractivity contribution is 5.83. The molecule has 0 fully saturated rings. The summed E-state index contributed by atoms with van der Waals surface area (Å²) in [6.45, 7) is 6.36. The van der Waals surface area contributed by atoms with Crippen LogP contribution in [0.1, 0.15) is 37.5 Å². The molecule has 0 bridgehead atoms. The summed E-state index contributed by atoms with van der Waals surface area (Å²) >= 11 is 0. The second kappa shape index (κ2) is 9.73. The summed E-state index contributed by atoms with van der Waals surface area (Å²) in [5, 5.41) is 12.9. The molecule has 5 heteroatoms. The number of hydrazone groups is 1. The number of amides is 1. The van der Waals surface area contributed by atoms with E-state index in [0.29, 0.717) is 11.3 Å². The number of rotatable bonds is 6. The van der Waals surface area contributed by atoms with E-state index in [9.17, 15) is 4.79 Å². The molecule has 3 aromatic carbocycles. The van der Waals surface area contributed by atoms with Crippen molar-refractivity contribution in [3.05, 3.63) is 89.5 Å². The maximum absolute atomic E-state index is 12.0. The van der Waals surface area contributed by atoms with Crippen molar-refractivity contribution < 1.29 is 9.53 Å². The molecule has 5 nitrogen and oxygen atoms in total. The van der Waals surface area contributed by atoms with Gasteiger partial charge in [-0.15, -0.1) is 0 Å².